The van der Waals surface area contributed by atoms with Gasteiger partial charge in [0, 0.05) is 25.7 Å². The molecule has 3 N–H and O–H groups in total. The third-order valence-electron chi connectivity index (χ3n) is 18.5. The van der Waals surface area contributed by atoms with Crippen LogP contribution in [0.3, 0.4) is 0 Å². The molecule has 3 unspecified atom stereocenters. The van der Waals surface area contributed by atoms with Gasteiger partial charge in [0.1, 0.15) is 19.3 Å². The number of hydrogen-bond donors (Lipinski definition) is 3. The van der Waals surface area contributed by atoms with Crippen molar-refractivity contribution in [3.8, 4) is 0 Å². The number of carbonyl (C=O) groups excluding carboxylic acids is 4. The van der Waals surface area contributed by atoms with E-state index in [-0.39, 0.29) is 25.7 Å². The molecule has 0 aliphatic rings. The van der Waals surface area contributed by atoms with Crippen LogP contribution in [0.2, 0.25) is 0 Å². The van der Waals surface area contributed by atoms with Crippen LogP contribution in [0.25, 0.3) is 0 Å². The predicted octanol–water partition coefficient (Wildman–Crippen LogP) is 23.0. The molecule has 0 aromatic rings. The first-order valence-electron chi connectivity index (χ1n) is 40.4. The van der Waals surface area contributed by atoms with Crippen LogP contribution in [-0.2, 0) is 65.4 Å². The quantitative estimate of drug-likeness (QED) is 0.0222. The van der Waals surface area contributed by atoms with Crippen molar-refractivity contribution in [1.29, 1.82) is 0 Å². The Morgan fingerprint density at radius 1 is 0.299 bits per heavy atom. The van der Waals surface area contributed by atoms with Gasteiger partial charge >= 0.3 is 39.5 Å². The third-order valence-corrected chi connectivity index (χ3v) is 20.4. The number of ether oxygens (including phenoxy) is 4. The lowest BCUT2D eigenvalue weighted by Gasteiger charge is -2.21. The van der Waals surface area contributed by atoms with Gasteiger partial charge < -0.3 is 33.8 Å². The minimum absolute atomic E-state index is 0.104. The molecule has 17 nitrogen and oxygen atoms in total. The molecule has 0 heterocycles. The van der Waals surface area contributed by atoms with Crippen molar-refractivity contribution in [3.63, 3.8) is 0 Å². The number of unbranched alkanes of at least 4 members (excludes halogenated alkanes) is 43. The van der Waals surface area contributed by atoms with E-state index in [1.807, 2.05) is 0 Å². The zero-order chi connectivity index (χ0) is 71.6. The average molecular weight is 1420 g/mol. The molecule has 0 aromatic carbocycles. The van der Waals surface area contributed by atoms with Crippen LogP contribution in [0.5, 0.6) is 0 Å². The van der Waals surface area contributed by atoms with E-state index >= 15 is 0 Å². The van der Waals surface area contributed by atoms with Crippen molar-refractivity contribution in [2.75, 3.05) is 39.6 Å². The summed E-state index contributed by atoms with van der Waals surface area (Å²) in [5.74, 6) is 0.112. The van der Waals surface area contributed by atoms with Crippen molar-refractivity contribution in [3.05, 3.63) is 0 Å². The van der Waals surface area contributed by atoms with Gasteiger partial charge in [-0.1, -0.05) is 350 Å². The Bertz CT molecular complexity index is 1890. The maximum Gasteiger partial charge on any atom is 0.472 e. The second-order valence-electron chi connectivity index (χ2n) is 29.3. The van der Waals surface area contributed by atoms with Crippen molar-refractivity contribution in [2.45, 2.75) is 420 Å². The highest BCUT2D eigenvalue weighted by Gasteiger charge is 2.30. The molecule has 0 spiro atoms. The van der Waals surface area contributed by atoms with Crippen molar-refractivity contribution < 1.29 is 80.2 Å². The summed E-state index contributed by atoms with van der Waals surface area (Å²) in [5, 5.41) is 10.6. The Balaban J connectivity index is 5.19. The number of aliphatic hydroxyl groups is 1. The minimum Gasteiger partial charge on any atom is -0.462 e. The van der Waals surface area contributed by atoms with E-state index in [4.69, 9.17) is 37.0 Å². The fraction of sp³-hybridized carbons (Fsp3) is 0.949. The maximum atomic E-state index is 13.1. The second-order valence-corrected chi connectivity index (χ2v) is 32.2. The Kier molecular flexibility index (Phi) is 67.1. The summed E-state index contributed by atoms with van der Waals surface area (Å²) in [6, 6.07) is 0. The molecule has 0 rings (SSSR count). The van der Waals surface area contributed by atoms with Gasteiger partial charge in [0.2, 0.25) is 0 Å². The summed E-state index contributed by atoms with van der Waals surface area (Å²) in [6.07, 6.45) is 55.8. The topological polar surface area (TPSA) is 237 Å². The van der Waals surface area contributed by atoms with Crippen molar-refractivity contribution in [1.82, 2.24) is 0 Å². The molecular weight excluding hydrogens is 1270 g/mol. The number of aliphatic hydroxyl groups excluding tert-OH is 1. The maximum absolute atomic E-state index is 13.1. The first-order valence-corrected chi connectivity index (χ1v) is 43.4. The zero-order valence-corrected chi connectivity index (χ0v) is 65.3. The van der Waals surface area contributed by atoms with Gasteiger partial charge in [-0.25, -0.2) is 9.13 Å². The van der Waals surface area contributed by atoms with Crippen LogP contribution in [-0.4, -0.2) is 96.7 Å². The van der Waals surface area contributed by atoms with Gasteiger partial charge in [0.05, 0.1) is 26.4 Å². The summed E-state index contributed by atoms with van der Waals surface area (Å²) in [7, 11) is -9.91. The van der Waals surface area contributed by atoms with E-state index in [1.54, 1.807) is 0 Å². The number of rotatable bonds is 76. The zero-order valence-electron chi connectivity index (χ0n) is 63.5. The standard InChI is InChI=1S/C78H152O17P2/c1-8-10-11-12-13-14-15-16-17-18-19-20-21-22-23-24-25-26-31-39-47-54-61-77(82)94-73(65-88-75(80)59-52-45-38-30-28-27-29-37-44-51-58-71(7)9-2)67-92-96(84,85)90-63-72(79)64-91-97(86,87)93-68-74(66-89-76(81)60-53-46-41-34-36-43-50-57-70(5)6)95-78(83)62-55-48-40-33-32-35-42-49-56-69(3)4/h69-74,79H,8-68H2,1-7H3,(H,84,85)(H,86,87)/t71?,72-,73-,74-/m1/s1. The average Bonchev–Trinajstić information content (AvgIpc) is 1.39. The molecule has 0 aromatic heterocycles. The largest absolute Gasteiger partial charge is 0.472 e. The highest BCUT2D eigenvalue weighted by atomic mass is 31.2. The molecule has 97 heavy (non-hydrogen) atoms. The number of esters is 4. The molecular formula is C78H152O17P2. The van der Waals surface area contributed by atoms with E-state index in [1.165, 1.54) is 205 Å². The van der Waals surface area contributed by atoms with E-state index in [9.17, 15) is 43.2 Å². The van der Waals surface area contributed by atoms with E-state index < -0.39 is 97.5 Å². The minimum atomic E-state index is -4.96. The fourth-order valence-corrected chi connectivity index (χ4v) is 13.5. The second kappa shape index (κ2) is 68.5. The van der Waals surface area contributed by atoms with Gasteiger partial charge in [-0.15, -0.1) is 0 Å². The number of phosphoric acid groups is 2. The smallest absolute Gasteiger partial charge is 0.462 e. The summed E-state index contributed by atoms with van der Waals surface area (Å²) in [4.78, 5) is 72.8. The van der Waals surface area contributed by atoms with E-state index in [0.717, 1.165) is 108 Å². The first kappa shape index (κ1) is 95.1. The van der Waals surface area contributed by atoms with Gasteiger partial charge in [-0.2, -0.15) is 0 Å². The number of phosphoric ester groups is 2. The number of hydrogen-bond acceptors (Lipinski definition) is 15. The molecule has 0 saturated heterocycles. The lowest BCUT2D eigenvalue weighted by atomic mass is 9.99. The Labute approximate surface area is 594 Å². The van der Waals surface area contributed by atoms with E-state index in [2.05, 4.69) is 48.5 Å². The molecule has 0 radical (unpaired) electrons. The highest BCUT2D eigenvalue weighted by Crippen LogP contribution is 2.45. The normalized spacial score (nSPS) is 14.3. The van der Waals surface area contributed by atoms with Crippen LogP contribution < -0.4 is 0 Å². The lowest BCUT2D eigenvalue weighted by Crippen LogP contribution is -2.30. The molecule has 0 fully saturated rings. The molecule has 576 valence electrons. The Morgan fingerprint density at radius 2 is 0.526 bits per heavy atom. The highest BCUT2D eigenvalue weighted by molar-refractivity contribution is 7.47. The fourth-order valence-electron chi connectivity index (χ4n) is 11.9. The monoisotopic (exact) mass is 1420 g/mol. The van der Waals surface area contributed by atoms with Crippen LogP contribution in [0.4, 0.5) is 0 Å². The predicted molar refractivity (Wildman–Crippen MR) is 395 cm³/mol. The van der Waals surface area contributed by atoms with Crippen molar-refractivity contribution in [2.24, 2.45) is 17.8 Å². The van der Waals surface area contributed by atoms with Crippen LogP contribution in [0, 0.1) is 17.8 Å². The molecule has 0 aliphatic carbocycles. The third kappa shape index (κ3) is 70.9. The summed E-state index contributed by atoms with van der Waals surface area (Å²) < 4.78 is 68.5. The molecule has 0 saturated carbocycles. The Morgan fingerprint density at radius 3 is 0.784 bits per heavy atom. The van der Waals surface area contributed by atoms with Gasteiger partial charge in [-0.05, 0) is 43.4 Å². The van der Waals surface area contributed by atoms with Gasteiger partial charge in [-0.3, -0.25) is 37.3 Å². The Hall–Kier alpha value is -1.94. The van der Waals surface area contributed by atoms with E-state index in [0.29, 0.717) is 31.6 Å². The summed E-state index contributed by atoms with van der Waals surface area (Å²) >= 11 is 0. The first-order chi connectivity index (χ1) is 46.8. The summed E-state index contributed by atoms with van der Waals surface area (Å²) in [6.45, 7) is 11.8. The van der Waals surface area contributed by atoms with Crippen LogP contribution >= 0.6 is 15.6 Å². The lowest BCUT2D eigenvalue weighted by molar-refractivity contribution is -0.161. The molecule has 19 heteroatoms. The SMILES string of the molecule is CCCCCCCCCCCCCCCCCCCCCCCCC(=O)O[C@H](COC(=O)CCCCCCCCCCCCC(C)CC)COP(=O)(O)OC[C@@H](O)COP(=O)(O)OC[C@@H](COC(=O)CCCCCCCCCC(C)C)OC(=O)CCCCCCCCCCC(C)C. The number of carbonyl (C=O) groups is 4. The van der Waals surface area contributed by atoms with Crippen LogP contribution in [0.1, 0.15) is 402 Å². The van der Waals surface area contributed by atoms with Crippen molar-refractivity contribution >= 4 is 39.5 Å². The molecule has 6 atom stereocenters. The summed E-state index contributed by atoms with van der Waals surface area (Å²) in [5.41, 5.74) is 0. The molecule has 0 amide bonds. The molecule has 0 aliphatic heterocycles. The van der Waals surface area contributed by atoms with Gasteiger partial charge in [0.15, 0.2) is 12.2 Å². The van der Waals surface area contributed by atoms with Crippen LogP contribution in [0.15, 0.2) is 0 Å². The molecule has 0 bridgehead atoms. The van der Waals surface area contributed by atoms with Gasteiger partial charge in [0.25, 0.3) is 0 Å².